The first-order valence-electron chi connectivity index (χ1n) is 6.33. The molecule has 0 bridgehead atoms. The molecule has 1 aromatic heterocycles. The Hall–Kier alpha value is -1.55. The second-order valence-corrected chi connectivity index (χ2v) is 5.59. The lowest BCUT2D eigenvalue weighted by atomic mass is 10.1. The first-order chi connectivity index (χ1) is 9.22. The van der Waals surface area contributed by atoms with Gasteiger partial charge in [-0.3, -0.25) is 4.79 Å². The monoisotopic (exact) mass is 319 g/mol. The summed E-state index contributed by atoms with van der Waals surface area (Å²) in [6.45, 7) is 1.47. The van der Waals surface area contributed by atoms with Crippen molar-refractivity contribution in [2.24, 2.45) is 0 Å². The Morgan fingerprint density at radius 1 is 1.26 bits per heavy atom. The first-order valence-corrected chi connectivity index (χ1v) is 7.12. The SMILES string of the molecule is O=c1ccc(Br)cn1CCc1ccc2c(c1)CCO2. The van der Waals surface area contributed by atoms with E-state index in [-0.39, 0.29) is 5.56 Å². The molecule has 3 nitrogen and oxygen atoms in total. The quantitative estimate of drug-likeness (QED) is 0.871. The van der Waals surface area contributed by atoms with Gasteiger partial charge in [-0.05, 0) is 45.6 Å². The van der Waals surface area contributed by atoms with Gasteiger partial charge in [-0.2, -0.15) is 0 Å². The molecule has 2 heterocycles. The molecule has 0 aliphatic carbocycles. The Morgan fingerprint density at radius 2 is 2.16 bits per heavy atom. The van der Waals surface area contributed by atoms with Gasteiger partial charge < -0.3 is 9.30 Å². The average molecular weight is 320 g/mol. The van der Waals surface area contributed by atoms with Gasteiger partial charge in [0.05, 0.1) is 6.61 Å². The number of pyridine rings is 1. The zero-order valence-corrected chi connectivity index (χ0v) is 12.0. The van der Waals surface area contributed by atoms with Crippen molar-refractivity contribution in [2.45, 2.75) is 19.4 Å². The van der Waals surface area contributed by atoms with E-state index in [1.54, 1.807) is 16.7 Å². The van der Waals surface area contributed by atoms with Crippen LogP contribution < -0.4 is 10.3 Å². The van der Waals surface area contributed by atoms with E-state index in [4.69, 9.17) is 4.74 Å². The predicted molar refractivity (Wildman–Crippen MR) is 77.7 cm³/mol. The van der Waals surface area contributed by atoms with E-state index in [9.17, 15) is 4.79 Å². The van der Waals surface area contributed by atoms with Crippen LogP contribution in [-0.4, -0.2) is 11.2 Å². The Balaban J connectivity index is 1.76. The highest BCUT2D eigenvalue weighted by Crippen LogP contribution is 2.26. The summed E-state index contributed by atoms with van der Waals surface area (Å²) < 4.78 is 8.15. The Labute approximate surface area is 120 Å². The molecular weight excluding hydrogens is 306 g/mol. The normalized spacial score (nSPS) is 13.1. The number of aromatic nitrogens is 1. The molecule has 0 saturated carbocycles. The smallest absolute Gasteiger partial charge is 0.250 e. The van der Waals surface area contributed by atoms with Gasteiger partial charge in [-0.15, -0.1) is 0 Å². The zero-order chi connectivity index (χ0) is 13.2. The number of rotatable bonds is 3. The fraction of sp³-hybridized carbons (Fsp3) is 0.267. The van der Waals surface area contributed by atoms with Gasteiger partial charge in [-0.1, -0.05) is 12.1 Å². The van der Waals surface area contributed by atoms with Gasteiger partial charge in [-0.25, -0.2) is 0 Å². The summed E-state index contributed by atoms with van der Waals surface area (Å²) >= 11 is 3.39. The molecule has 98 valence electrons. The molecule has 0 unspecified atom stereocenters. The topological polar surface area (TPSA) is 31.2 Å². The first kappa shape index (κ1) is 12.5. The third-order valence-corrected chi connectivity index (χ3v) is 3.81. The summed E-state index contributed by atoms with van der Waals surface area (Å²) in [6.07, 6.45) is 3.67. The summed E-state index contributed by atoms with van der Waals surface area (Å²) in [6, 6.07) is 9.64. The van der Waals surface area contributed by atoms with Gasteiger partial charge >= 0.3 is 0 Å². The maximum Gasteiger partial charge on any atom is 0.250 e. The number of ether oxygens (including phenoxy) is 1. The van der Waals surface area contributed by atoms with Crippen molar-refractivity contribution < 1.29 is 4.74 Å². The Bertz CT molecular complexity index is 663. The van der Waals surface area contributed by atoms with E-state index < -0.39 is 0 Å². The van der Waals surface area contributed by atoms with E-state index in [1.165, 1.54) is 11.1 Å². The van der Waals surface area contributed by atoms with Crippen molar-refractivity contribution >= 4 is 15.9 Å². The van der Waals surface area contributed by atoms with Gasteiger partial charge in [0, 0.05) is 29.7 Å². The van der Waals surface area contributed by atoms with Gasteiger partial charge in [0.15, 0.2) is 0 Å². The maximum atomic E-state index is 11.7. The minimum Gasteiger partial charge on any atom is -0.493 e. The van der Waals surface area contributed by atoms with E-state index >= 15 is 0 Å². The molecule has 1 aromatic carbocycles. The summed E-state index contributed by atoms with van der Waals surface area (Å²) in [5.74, 6) is 1.00. The number of halogens is 1. The number of benzene rings is 1. The fourth-order valence-electron chi connectivity index (χ4n) is 2.32. The van der Waals surface area contributed by atoms with E-state index in [0.29, 0.717) is 6.54 Å². The standard InChI is InChI=1S/C15H14BrNO2/c16-13-2-4-15(18)17(10-13)7-5-11-1-3-14-12(9-11)6-8-19-14/h1-4,9-10H,5-8H2. The van der Waals surface area contributed by atoms with Crippen molar-refractivity contribution in [3.63, 3.8) is 0 Å². The largest absolute Gasteiger partial charge is 0.493 e. The number of hydrogen-bond acceptors (Lipinski definition) is 2. The molecule has 0 spiro atoms. The third-order valence-electron chi connectivity index (χ3n) is 3.34. The molecule has 0 amide bonds. The molecule has 0 N–H and O–H groups in total. The second kappa shape index (κ2) is 5.21. The second-order valence-electron chi connectivity index (χ2n) is 4.67. The molecular formula is C15H14BrNO2. The number of aryl methyl sites for hydroxylation is 2. The van der Waals surface area contributed by atoms with Crippen LogP contribution in [0.15, 0.2) is 45.8 Å². The minimum absolute atomic E-state index is 0.0349. The number of fused-ring (bicyclic) bond motifs is 1. The molecule has 0 atom stereocenters. The van der Waals surface area contributed by atoms with Crippen molar-refractivity contribution in [3.8, 4) is 5.75 Å². The third kappa shape index (κ3) is 2.73. The molecule has 0 radical (unpaired) electrons. The lowest BCUT2D eigenvalue weighted by Gasteiger charge is -2.07. The van der Waals surface area contributed by atoms with Crippen molar-refractivity contribution in [1.29, 1.82) is 0 Å². The lowest BCUT2D eigenvalue weighted by molar-refractivity contribution is 0.357. The van der Waals surface area contributed by atoms with Crippen LogP contribution >= 0.6 is 15.9 Å². The van der Waals surface area contributed by atoms with Crippen LogP contribution in [0.25, 0.3) is 0 Å². The lowest BCUT2D eigenvalue weighted by Crippen LogP contribution is -2.19. The Morgan fingerprint density at radius 3 is 3.05 bits per heavy atom. The molecule has 1 aliphatic rings. The minimum atomic E-state index is 0.0349. The van der Waals surface area contributed by atoms with E-state index in [1.807, 2.05) is 12.3 Å². The van der Waals surface area contributed by atoms with Gasteiger partial charge in [0.1, 0.15) is 5.75 Å². The molecule has 2 aromatic rings. The highest BCUT2D eigenvalue weighted by molar-refractivity contribution is 9.10. The zero-order valence-electron chi connectivity index (χ0n) is 10.4. The van der Waals surface area contributed by atoms with Crippen molar-refractivity contribution in [2.75, 3.05) is 6.61 Å². The summed E-state index contributed by atoms with van der Waals surface area (Å²) in [5.41, 5.74) is 2.56. The van der Waals surface area contributed by atoms with Crippen LogP contribution in [0.1, 0.15) is 11.1 Å². The summed E-state index contributed by atoms with van der Waals surface area (Å²) in [7, 11) is 0. The number of hydrogen-bond donors (Lipinski definition) is 0. The number of nitrogens with zero attached hydrogens (tertiary/aromatic N) is 1. The summed E-state index contributed by atoms with van der Waals surface area (Å²) in [5, 5.41) is 0. The molecule has 4 heteroatoms. The highest BCUT2D eigenvalue weighted by Gasteiger charge is 2.11. The fourth-order valence-corrected chi connectivity index (χ4v) is 2.70. The van der Waals surface area contributed by atoms with Gasteiger partial charge in [0.2, 0.25) is 0 Å². The molecule has 0 saturated heterocycles. The van der Waals surface area contributed by atoms with E-state index in [0.717, 1.165) is 29.7 Å². The average Bonchev–Trinajstić information content (AvgIpc) is 2.87. The van der Waals surface area contributed by atoms with Crippen molar-refractivity contribution in [3.05, 3.63) is 62.5 Å². The van der Waals surface area contributed by atoms with Crippen LogP contribution in [0.5, 0.6) is 5.75 Å². The maximum absolute atomic E-state index is 11.7. The van der Waals surface area contributed by atoms with Crippen LogP contribution in [0, 0.1) is 0 Å². The molecule has 1 aliphatic heterocycles. The Kier molecular flexibility index (Phi) is 3.42. The van der Waals surface area contributed by atoms with E-state index in [2.05, 4.69) is 28.1 Å². The van der Waals surface area contributed by atoms with Crippen LogP contribution in [0.4, 0.5) is 0 Å². The highest BCUT2D eigenvalue weighted by atomic mass is 79.9. The predicted octanol–water partition coefficient (Wildman–Crippen LogP) is 2.79. The summed E-state index contributed by atoms with van der Waals surface area (Å²) in [4.78, 5) is 11.7. The van der Waals surface area contributed by atoms with Crippen molar-refractivity contribution in [1.82, 2.24) is 4.57 Å². The van der Waals surface area contributed by atoms with Crippen LogP contribution in [-0.2, 0) is 19.4 Å². The van der Waals surface area contributed by atoms with Crippen LogP contribution in [0.3, 0.4) is 0 Å². The molecule has 19 heavy (non-hydrogen) atoms. The van der Waals surface area contributed by atoms with Crippen LogP contribution in [0.2, 0.25) is 0 Å². The van der Waals surface area contributed by atoms with Gasteiger partial charge in [0.25, 0.3) is 5.56 Å². The molecule has 0 fully saturated rings. The molecule has 3 rings (SSSR count).